The molecule has 0 aromatic heterocycles. The highest BCUT2D eigenvalue weighted by molar-refractivity contribution is 4.95. The molecule has 0 unspecified atom stereocenters. The van der Waals surface area contributed by atoms with Gasteiger partial charge in [-0.3, -0.25) is 0 Å². The molecule has 0 aromatic carbocycles. The van der Waals surface area contributed by atoms with Crippen LogP contribution in [-0.2, 0) is 9.47 Å². The average Bonchev–Trinajstić information content (AvgIpc) is 2.58. The van der Waals surface area contributed by atoms with Crippen molar-refractivity contribution in [2.24, 2.45) is 5.92 Å². The minimum Gasteiger partial charge on any atom is -0.394 e. The SMILES string of the molecule is CC1(C)O[C@H]2[C@H]([C@@H](O)CO)CC[C@H]2O1. The fraction of sp³-hybridized carbons (Fsp3) is 1.00. The van der Waals surface area contributed by atoms with Crippen molar-refractivity contribution in [1.29, 1.82) is 0 Å². The summed E-state index contributed by atoms with van der Waals surface area (Å²) in [6.45, 7) is 3.57. The van der Waals surface area contributed by atoms with Gasteiger partial charge in [-0.25, -0.2) is 0 Å². The van der Waals surface area contributed by atoms with Gasteiger partial charge >= 0.3 is 0 Å². The summed E-state index contributed by atoms with van der Waals surface area (Å²) < 4.78 is 11.4. The molecule has 2 aliphatic rings. The Morgan fingerprint density at radius 1 is 1.36 bits per heavy atom. The van der Waals surface area contributed by atoms with Gasteiger partial charge in [0.25, 0.3) is 0 Å². The summed E-state index contributed by atoms with van der Waals surface area (Å²) in [5, 5.41) is 18.5. The van der Waals surface area contributed by atoms with E-state index in [2.05, 4.69) is 0 Å². The van der Waals surface area contributed by atoms with E-state index in [1.54, 1.807) is 0 Å². The van der Waals surface area contributed by atoms with Crippen molar-refractivity contribution in [3.05, 3.63) is 0 Å². The van der Waals surface area contributed by atoms with E-state index in [1.807, 2.05) is 13.8 Å². The molecule has 1 aliphatic carbocycles. The zero-order valence-corrected chi connectivity index (χ0v) is 8.64. The van der Waals surface area contributed by atoms with Crippen LogP contribution in [0.25, 0.3) is 0 Å². The minimum atomic E-state index is -0.678. The summed E-state index contributed by atoms with van der Waals surface area (Å²) in [7, 11) is 0. The van der Waals surface area contributed by atoms with E-state index in [4.69, 9.17) is 14.6 Å². The molecular formula is C10H18O4. The fourth-order valence-corrected chi connectivity index (χ4v) is 2.52. The number of aliphatic hydroxyl groups excluding tert-OH is 2. The predicted molar refractivity (Wildman–Crippen MR) is 49.6 cm³/mol. The van der Waals surface area contributed by atoms with Gasteiger partial charge < -0.3 is 19.7 Å². The Labute approximate surface area is 83.8 Å². The molecule has 1 saturated carbocycles. The van der Waals surface area contributed by atoms with Crippen molar-refractivity contribution in [2.45, 2.75) is 50.8 Å². The van der Waals surface area contributed by atoms with Crippen LogP contribution >= 0.6 is 0 Å². The molecule has 4 atom stereocenters. The smallest absolute Gasteiger partial charge is 0.163 e. The molecule has 14 heavy (non-hydrogen) atoms. The van der Waals surface area contributed by atoms with Crippen molar-refractivity contribution >= 4 is 0 Å². The van der Waals surface area contributed by atoms with Crippen LogP contribution < -0.4 is 0 Å². The zero-order chi connectivity index (χ0) is 10.3. The molecule has 1 heterocycles. The molecule has 82 valence electrons. The highest BCUT2D eigenvalue weighted by Gasteiger charge is 2.50. The third kappa shape index (κ3) is 1.67. The number of hydrogen-bond donors (Lipinski definition) is 2. The van der Waals surface area contributed by atoms with Gasteiger partial charge in [0.15, 0.2) is 5.79 Å². The first-order valence-electron chi connectivity index (χ1n) is 5.18. The zero-order valence-electron chi connectivity index (χ0n) is 8.64. The van der Waals surface area contributed by atoms with Crippen LogP contribution in [0.2, 0.25) is 0 Å². The molecule has 2 fully saturated rings. The number of ether oxygens (including phenoxy) is 2. The summed E-state index contributed by atoms with van der Waals surface area (Å²) >= 11 is 0. The number of hydrogen-bond acceptors (Lipinski definition) is 4. The first-order chi connectivity index (χ1) is 6.53. The summed E-state index contributed by atoms with van der Waals surface area (Å²) in [6.07, 6.45) is 1.15. The quantitative estimate of drug-likeness (QED) is 0.675. The minimum absolute atomic E-state index is 0.0202. The Balaban J connectivity index is 2.04. The average molecular weight is 202 g/mol. The lowest BCUT2D eigenvalue weighted by atomic mass is 9.99. The van der Waals surface area contributed by atoms with Crippen LogP contribution in [0.3, 0.4) is 0 Å². The van der Waals surface area contributed by atoms with Crippen molar-refractivity contribution < 1.29 is 19.7 Å². The predicted octanol–water partition coefficient (Wildman–Crippen LogP) is 0.270. The van der Waals surface area contributed by atoms with Crippen LogP contribution in [0.1, 0.15) is 26.7 Å². The molecule has 4 nitrogen and oxygen atoms in total. The lowest BCUT2D eigenvalue weighted by Crippen LogP contribution is -2.34. The Hall–Kier alpha value is -0.160. The molecule has 1 saturated heterocycles. The molecular weight excluding hydrogens is 184 g/mol. The molecule has 0 bridgehead atoms. The molecule has 0 aromatic rings. The van der Waals surface area contributed by atoms with Crippen LogP contribution in [0.5, 0.6) is 0 Å². The Morgan fingerprint density at radius 2 is 2.07 bits per heavy atom. The molecule has 4 heteroatoms. The highest BCUT2D eigenvalue weighted by atomic mass is 16.8. The number of aliphatic hydroxyl groups is 2. The third-order valence-electron chi connectivity index (χ3n) is 3.11. The van der Waals surface area contributed by atoms with Gasteiger partial charge in [0, 0.05) is 5.92 Å². The Kier molecular flexibility index (Phi) is 2.55. The van der Waals surface area contributed by atoms with Crippen molar-refractivity contribution in [3.63, 3.8) is 0 Å². The lowest BCUT2D eigenvalue weighted by Gasteiger charge is -2.24. The van der Waals surface area contributed by atoms with Gasteiger partial charge in [0.05, 0.1) is 24.9 Å². The van der Waals surface area contributed by atoms with E-state index in [1.165, 1.54) is 0 Å². The van der Waals surface area contributed by atoms with E-state index in [0.29, 0.717) is 0 Å². The summed E-state index contributed by atoms with van der Waals surface area (Å²) in [5.74, 6) is -0.518. The summed E-state index contributed by atoms with van der Waals surface area (Å²) in [4.78, 5) is 0. The normalized spacial score (nSPS) is 42.4. The van der Waals surface area contributed by atoms with Crippen LogP contribution in [0, 0.1) is 5.92 Å². The maximum atomic E-state index is 9.59. The van der Waals surface area contributed by atoms with Crippen molar-refractivity contribution in [1.82, 2.24) is 0 Å². The van der Waals surface area contributed by atoms with Gasteiger partial charge in [-0.2, -0.15) is 0 Å². The standard InChI is InChI=1S/C10H18O4/c1-10(2)13-8-4-3-6(7(12)5-11)9(8)14-10/h6-9,11-12H,3-5H2,1-2H3/t6-,7-,8+,9-/m0/s1. The Morgan fingerprint density at radius 3 is 2.71 bits per heavy atom. The molecule has 0 amide bonds. The second-order valence-corrected chi connectivity index (χ2v) is 4.63. The van der Waals surface area contributed by atoms with Gasteiger partial charge in [-0.1, -0.05) is 0 Å². The van der Waals surface area contributed by atoms with Crippen molar-refractivity contribution in [2.75, 3.05) is 6.61 Å². The second kappa shape index (κ2) is 3.45. The van der Waals surface area contributed by atoms with Gasteiger partial charge in [-0.05, 0) is 26.7 Å². The molecule has 2 rings (SSSR count). The Bertz CT molecular complexity index is 216. The summed E-state index contributed by atoms with van der Waals surface area (Å²) in [5.41, 5.74) is 0. The highest BCUT2D eigenvalue weighted by Crippen LogP contribution is 2.42. The third-order valence-corrected chi connectivity index (χ3v) is 3.11. The maximum absolute atomic E-state index is 9.59. The van der Waals surface area contributed by atoms with E-state index < -0.39 is 11.9 Å². The fourth-order valence-electron chi connectivity index (χ4n) is 2.52. The van der Waals surface area contributed by atoms with Gasteiger partial charge in [0.1, 0.15) is 0 Å². The second-order valence-electron chi connectivity index (χ2n) is 4.63. The molecule has 2 N–H and O–H groups in total. The lowest BCUT2D eigenvalue weighted by molar-refractivity contribution is -0.161. The van der Waals surface area contributed by atoms with Crippen molar-refractivity contribution in [3.8, 4) is 0 Å². The van der Waals surface area contributed by atoms with E-state index in [-0.39, 0.29) is 24.7 Å². The number of rotatable bonds is 2. The summed E-state index contributed by atoms with van der Waals surface area (Å²) in [6, 6.07) is 0. The monoisotopic (exact) mass is 202 g/mol. The molecule has 1 aliphatic heterocycles. The van der Waals surface area contributed by atoms with Gasteiger partial charge in [-0.15, -0.1) is 0 Å². The largest absolute Gasteiger partial charge is 0.394 e. The van der Waals surface area contributed by atoms with Gasteiger partial charge in [0.2, 0.25) is 0 Å². The molecule has 0 spiro atoms. The van der Waals surface area contributed by atoms with E-state index >= 15 is 0 Å². The first kappa shape index (κ1) is 10.4. The topological polar surface area (TPSA) is 58.9 Å². The van der Waals surface area contributed by atoms with Crippen LogP contribution in [0.15, 0.2) is 0 Å². The molecule has 0 radical (unpaired) electrons. The number of fused-ring (bicyclic) bond motifs is 1. The van der Waals surface area contributed by atoms with E-state index in [0.717, 1.165) is 12.8 Å². The van der Waals surface area contributed by atoms with Crippen LogP contribution in [0.4, 0.5) is 0 Å². The maximum Gasteiger partial charge on any atom is 0.163 e. The van der Waals surface area contributed by atoms with E-state index in [9.17, 15) is 5.11 Å². The first-order valence-corrected chi connectivity index (χ1v) is 5.18. The van der Waals surface area contributed by atoms with Crippen LogP contribution in [-0.4, -0.2) is 40.9 Å².